The van der Waals surface area contributed by atoms with Gasteiger partial charge in [-0.3, -0.25) is 4.79 Å². The van der Waals surface area contributed by atoms with E-state index in [2.05, 4.69) is 47.0 Å². The van der Waals surface area contributed by atoms with E-state index in [0.29, 0.717) is 12.1 Å². The Kier molecular flexibility index (Phi) is 5.32. The zero-order valence-electron chi connectivity index (χ0n) is 19.7. The van der Waals surface area contributed by atoms with Gasteiger partial charge in [-0.1, -0.05) is 0 Å². The van der Waals surface area contributed by atoms with Crippen molar-refractivity contribution in [3.8, 4) is 17.3 Å². The lowest BCUT2D eigenvalue weighted by Gasteiger charge is -2.30. The Balaban J connectivity index is 1.42. The van der Waals surface area contributed by atoms with Crippen LogP contribution >= 0.6 is 12.6 Å². The van der Waals surface area contributed by atoms with Gasteiger partial charge in [0.25, 0.3) is 5.91 Å². The Labute approximate surface area is 204 Å². The van der Waals surface area contributed by atoms with Crippen molar-refractivity contribution in [2.75, 3.05) is 20.2 Å². The number of aromatic nitrogens is 3. The quantitative estimate of drug-likeness (QED) is 0.407. The van der Waals surface area contributed by atoms with Crippen molar-refractivity contribution < 1.29 is 9.53 Å². The average Bonchev–Trinajstić information content (AvgIpc) is 3.53. The molecule has 1 aliphatic heterocycles. The Morgan fingerprint density at radius 3 is 2.74 bits per heavy atom. The number of piperidine rings is 1. The second-order valence-corrected chi connectivity index (χ2v) is 10.5. The van der Waals surface area contributed by atoms with Crippen LogP contribution in [-0.2, 0) is 13.6 Å². The normalized spacial score (nSPS) is 18.7. The number of hydrogen-bond donors (Lipinski definition) is 1. The van der Waals surface area contributed by atoms with Crippen LogP contribution in [0.25, 0.3) is 33.5 Å². The van der Waals surface area contributed by atoms with Gasteiger partial charge in [0, 0.05) is 48.9 Å². The largest absolute Gasteiger partial charge is 0.497 e. The fourth-order valence-corrected chi connectivity index (χ4v) is 5.57. The highest BCUT2D eigenvalue weighted by Crippen LogP contribution is 2.37. The number of carbonyl (C=O) groups is 1. The first kappa shape index (κ1) is 21.6. The van der Waals surface area contributed by atoms with E-state index < -0.39 is 0 Å². The standard InChI is InChI=1S/C27H30N4O2S/c1-29-23-10-8-19(27(32)30-11-3-4-21(34)16-30)12-22(23)28-26(29)25-13-18-7-9-20(33-2)14-24(18)31(25)15-17-5-6-17/h7-10,12-14,17,21,34H,3-6,11,15-16H2,1-2H3. The highest BCUT2D eigenvalue weighted by atomic mass is 32.1. The number of benzene rings is 2. The van der Waals surface area contributed by atoms with Gasteiger partial charge in [0.05, 0.1) is 29.4 Å². The van der Waals surface area contributed by atoms with Crippen LogP contribution < -0.4 is 4.74 Å². The van der Waals surface area contributed by atoms with Crippen molar-refractivity contribution >= 4 is 40.5 Å². The Morgan fingerprint density at radius 1 is 1.12 bits per heavy atom. The van der Waals surface area contributed by atoms with Crippen molar-refractivity contribution in [1.82, 2.24) is 19.0 Å². The summed E-state index contributed by atoms with van der Waals surface area (Å²) >= 11 is 4.60. The van der Waals surface area contributed by atoms with E-state index in [1.54, 1.807) is 7.11 Å². The van der Waals surface area contributed by atoms with Crippen LogP contribution in [0.5, 0.6) is 5.75 Å². The molecule has 3 heterocycles. The highest BCUT2D eigenvalue weighted by molar-refractivity contribution is 7.81. The number of rotatable bonds is 5. The van der Waals surface area contributed by atoms with Crippen molar-refractivity contribution in [3.05, 3.63) is 48.0 Å². The first-order valence-corrected chi connectivity index (χ1v) is 12.6. The van der Waals surface area contributed by atoms with Crippen LogP contribution in [0.2, 0.25) is 0 Å². The fraction of sp³-hybridized carbons (Fsp3) is 0.407. The minimum Gasteiger partial charge on any atom is -0.497 e. The number of nitrogens with zero attached hydrogens (tertiary/aromatic N) is 4. The lowest BCUT2D eigenvalue weighted by molar-refractivity contribution is 0.0729. The number of imidazole rings is 1. The van der Waals surface area contributed by atoms with Gasteiger partial charge in [0.15, 0.2) is 5.82 Å². The fourth-order valence-electron chi connectivity index (χ4n) is 5.19. The molecule has 0 N–H and O–H groups in total. The summed E-state index contributed by atoms with van der Waals surface area (Å²) in [5.74, 6) is 2.58. The summed E-state index contributed by atoms with van der Waals surface area (Å²) in [7, 11) is 3.77. The number of carbonyl (C=O) groups excluding carboxylic acids is 1. The monoisotopic (exact) mass is 474 g/mol. The summed E-state index contributed by atoms with van der Waals surface area (Å²) in [6.07, 6.45) is 4.63. The molecule has 1 aliphatic carbocycles. The number of likely N-dealkylation sites (tertiary alicyclic amines) is 1. The van der Waals surface area contributed by atoms with E-state index in [0.717, 1.165) is 60.2 Å². The minimum absolute atomic E-state index is 0.0720. The third-order valence-corrected chi connectivity index (χ3v) is 7.71. The molecule has 1 saturated heterocycles. The molecule has 7 heteroatoms. The van der Waals surface area contributed by atoms with Crippen LogP contribution in [0, 0.1) is 5.92 Å². The molecule has 2 aliphatic rings. The summed E-state index contributed by atoms with van der Waals surface area (Å²) in [6, 6.07) is 14.4. The van der Waals surface area contributed by atoms with E-state index in [9.17, 15) is 4.79 Å². The van der Waals surface area contributed by atoms with Gasteiger partial charge >= 0.3 is 0 Å². The maximum absolute atomic E-state index is 13.2. The topological polar surface area (TPSA) is 52.3 Å². The van der Waals surface area contributed by atoms with E-state index in [-0.39, 0.29) is 11.2 Å². The van der Waals surface area contributed by atoms with E-state index in [1.807, 2.05) is 29.2 Å². The molecule has 0 radical (unpaired) electrons. The summed E-state index contributed by atoms with van der Waals surface area (Å²) in [5.41, 5.74) is 4.86. The van der Waals surface area contributed by atoms with Crippen LogP contribution in [0.1, 0.15) is 36.0 Å². The third kappa shape index (κ3) is 3.76. The number of amides is 1. The molecule has 176 valence electrons. The molecule has 2 fully saturated rings. The molecule has 6 rings (SSSR count). The van der Waals surface area contributed by atoms with Gasteiger partial charge in [0.1, 0.15) is 5.75 Å². The Morgan fingerprint density at radius 2 is 1.97 bits per heavy atom. The van der Waals surface area contributed by atoms with Crippen LogP contribution in [0.3, 0.4) is 0 Å². The molecule has 6 nitrogen and oxygen atoms in total. The van der Waals surface area contributed by atoms with E-state index in [1.165, 1.54) is 23.7 Å². The van der Waals surface area contributed by atoms with Crippen LogP contribution in [-0.4, -0.2) is 50.4 Å². The molecular formula is C27H30N4O2S. The van der Waals surface area contributed by atoms with Gasteiger partial charge in [-0.2, -0.15) is 12.6 Å². The number of hydrogen-bond acceptors (Lipinski definition) is 4. The number of thiol groups is 1. The summed E-state index contributed by atoms with van der Waals surface area (Å²) in [5, 5.41) is 1.45. The molecule has 2 aromatic heterocycles. The first-order valence-electron chi connectivity index (χ1n) is 12.1. The molecule has 2 aromatic carbocycles. The van der Waals surface area contributed by atoms with Gasteiger partial charge in [-0.15, -0.1) is 0 Å². The molecule has 0 spiro atoms. The predicted molar refractivity (Wildman–Crippen MR) is 139 cm³/mol. The van der Waals surface area contributed by atoms with Crippen molar-refractivity contribution in [2.24, 2.45) is 13.0 Å². The van der Waals surface area contributed by atoms with Crippen LogP contribution in [0.15, 0.2) is 42.5 Å². The molecule has 1 amide bonds. The van der Waals surface area contributed by atoms with Crippen molar-refractivity contribution in [1.29, 1.82) is 0 Å². The summed E-state index contributed by atoms with van der Waals surface area (Å²) < 4.78 is 10.0. The summed E-state index contributed by atoms with van der Waals surface area (Å²) in [6.45, 7) is 2.49. The average molecular weight is 475 g/mol. The Bertz CT molecular complexity index is 1400. The second-order valence-electron chi connectivity index (χ2n) is 9.75. The minimum atomic E-state index is 0.0720. The second kappa shape index (κ2) is 8.38. The number of fused-ring (bicyclic) bond motifs is 2. The Hall–Kier alpha value is -2.93. The van der Waals surface area contributed by atoms with Crippen LogP contribution in [0.4, 0.5) is 0 Å². The SMILES string of the molecule is COc1ccc2cc(-c3nc4cc(C(=O)N5CCCC(S)C5)ccc4n3C)n(CC3CC3)c2c1. The molecule has 0 bridgehead atoms. The van der Waals surface area contributed by atoms with Gasteiger partial charge < -0.3 is 18.8 Å². The lowest BCUT2D eigenvalue weighted by Crippen LogP contribution is -2.40. The number of aryl methyl sites for hydroxylation is 1. The zero-order valence-corrected chi connectivity index (χ0v) is 20.6. The molecule has 1 saturated carbocycles. The zero-order chi connectivity index (χ0) is 23.4. The molecule has 1 unspecified atom stereocenters. The maximum atomic E-state index is 13.2. The lowest BCUT2D eigenvalue weighted by atomic mass is 10.1. The molecular weight excluding hydrogens is 444 g/mol. The maximum Gasteiger partial charge on any atom is 0.253 e. The molecule has 1 atom stereocenters. The van der Waals surface area contributed by atoms with Gasteiger partial charge in [0.2, 0.25) is 0 Å². The van der Waals surface area contributed by atoms with Gasteiger partial charge in [-0.05, 0) is 68.0 Å². The molecule has 34 heavy (non-hydrogen) atoms. The molecule has 4 aromatic rings. The third-order valence-electron chi connectivity index (χ3n) is 7.29. The van der Waals surface area contributed by atoms with Gasteiger partial charge in [-0.25, -0.2) is 4.98 Å². The number of ether oxygens (including phenoxy) is 1. The van der Waals surface area contributed by atoms with Crippen molar-refractivity contribution in [2.45, 2.75) is 37.5 Å². The van der Waals surface area contributed by atoms with E-state index >= 15 is 0 Å². The highest BCUT2D eigenvalue weighted by Gasteiger charge is 2.26. The smallest absolute Gasteiger partial charge is 0.253 e. The van der Waals surface area contributed by atoms with Crippen molar-refractivity contribution in [3.63, 3.8) is 0 Å². The van der Waals surface area contributed by atoms with E-state index in [4.69, 9.17) is 9.72 Å². The summed E-state index contributed by atoms with van der Waals surface area (Å²) in [4.78, 5) is 20.1. The predicted octanol–water partition coefficient (Wildman–Crippen LogP) is 5.15. The first-order chi connectivity index (χ1) is 16.5. The number of methoxy groups -OCH3 is 1.